The van der Waals surface area contributed by atoms with Gasteiger partial charge in [-0.2, -0.15) is 11.8 Å². The van der Waals surface area contributed by atoms with Gasteiger partial charge in [-0.15, -0.1) is 0 Å². The summed E-state index contributed by atoms with van der Waals surface area (Å²) in [4.78, 5) is 76.1. The molecule has 1 aromatic rings. The summed E-state index contributed by atoms with van der Waals surface area (Å²) in [7, 11) is 0. The number of hydrogen-bond donors (Lipinski definition) is 8. The van der Waals surface area contributed by atoms with Crippen molar-refractivity contribution in [2.75, 3.05) is 31.8 Å². The Morgan fingerprint density at radius 3 is 1.87 bits per heavy atom. The van der Waals surface area contributed by atoms with E-state index < -0.39 is 73.1 Å². The molecule has 264 valence electrons. The van der Waals surface area contributed by atoms with Crippen molar-refractivity contribution in [1.29, 1.82) is 0 Å². The molecule has 0 unspecified atom stereocenters. The standard InChI is InChI=1S/C31H50N6O9S/c1-20(2)15-22(16-38)33-27(41)24(12-14-47-3)35-28(42)23(11-7-8-13-32)34-29(43)25(17-39)36-30(44)26(18-40)37-31(45)46-19-21-9-5-4-6-10-21/h4-6,9-10,16,20,22-26,39-40H,7-8,11-15,17-19,32H2,1-3H3,(H,33,41)(H,34,43)(H,35,42)(H,36,44)(H,37,45)/t22-,23-,24-,25-,26-/m0/s1. The van der Waals surface area contributed by atoms with Gasteiger partial charge in [0.05, 0.1) is 19.3 Å². The summed E-state index contributed by atoms with van der Waals surface area (Å²) in [6.07, 6.45) is 3.29. The molecule has 9 N–H and O–H groups in total. The fourth-order valence-corrected chi connectivity index (χ4v) is 4.79. The second-order valence-corrected chi connectivity index (χ2v) is 12.2. The summed E-state index contributed by atoms with van der Waals surface area (Å²) in [5, 5.41) is 31.9. The average molecular weight is 683 g/mol. The highest BCUT2D eigenvalue weighted by atomic mass is 32.2. The van der Waals surface area contributed by atoms with Gasteiger partial charge in [-0.1, -0.05) is 44.2 Å². The quantitative estimate of drug-likeness (QED) is 0.0532. The van der Waals surface area contributed by atoms with E-state index in [2.05, 4.69) is 26.6 Å². The van der Waals surface area contributed by atoms with Crippen LogP contribution in [0.1, 0.15) is 51.5 Å². The molecule has 16 heteroatoms. The molecule has 0 aliphatic carbocycles. The van der Waals surface area contributed by atoms with Gasteiger partial charge in [0.25, 0.3) is 0 Å². The van der Waals surface area contributed by atoms with E-state index in [-0.39, 0.29) is 25.4 Å². The van der Waals surface area contributed by atoms with Gasteiger partial charge in [0.1, 0.15) is 37.1 Å². The molecule has 1 rings (SSSR count). The number of alkyl carbamates (subject to hydrolysis) is 1. The normalized spacial score (nSPS) is 14.1. The van der Waals surface area contributed by atoms with Crippen LogP contribution in [0.4, 0.5) is 4.79 Å². The van der Waals surface area contributed by atoms with Crippen LogP contribution in [0.5, 0.6) is 0 Å². The minimum absolute atomic E-state index is 0.0862. The number of benzene rings is 1. The Labute approximate surface area is 279 Å². The maximum absolute atomic E-state index is 13.4. The first-order chi connectivity index (χ1) is 22.5. The van der Waals surface area contributed by atoms with Gasteiger partial charge in [-0.05, 0) is 62.1 Å². The Morgan fingerprint density at radius 1 is 0.809 bits per heavy atom. The first-order valence-electron chi connectivity index (χ1n) is 15.5. The Hall–Kier alpha value is -3.73. The van der Waals surface area contributed by atoms with Crippen LogP contribution >= 0.6 is 11.8 Å². The lowest BCUT2D eigenvalue weighted by Gasteiger charge is -2.26. The molecule has 0 bridgehead atoms. The van der Waals surface area contributed by atoms with E-state index in [0.29, 0.717) is 43.4 Å². The number of aliphatic hydroxyl groups is 2. The average Bonchev–Trinajstić information content (AvgIpc) is 3.05. The number of thioether (sulfide) groups is 1. The highest BCUT2D eigenvalue weighted by Crippen LogP contribution is 2.08. The van der Waals surface area contributed by atoms with Crippen LogP contribution in [0.15, 0.2) is 30.3 Å². The lowest BCUT2D eigenvalue weighted by atomic mass is 10.0. The van der Waals surface area contributed by atoms with Gasteiger partial charge in [0.15, 0.2) is 0 Å². The molecule has 0 spiro atoms. The minimum Gasteiger partial charge on any atom is -0.445 e. The van der Waals surface area contributed by atoms with Crippen LogP contribution in [0.2, 0.25) is 0 Å². The van der Waals surface area contributed by atoms with E-state index >= 15 is 0 Å². The number of carbonyl (C=O) groups is 6. The lowest BCUT2D eigenvalue weighted by molar-refractivity contribution is -0.135. The third-order valence-electron chi connectivity index (χ3n) is 6.86. The summed E-state index contributed by atoms with van der Waals surface area (Å²) in [6, 6.07) is 2.82. The fraction of sp³-hybridized carbons (Fsp3) is 0.613. The predicted molar refractivity (Wildman–Crippen MR) is 177 cm³/mol. The van der Waals surface area contributed by atoms with E-state index in [9.17, 15) is 39.0 Å². The molecule has 15 nitrogen and oxygen atoms in total. The first-order valence-corrected chi connectivity index (χ1v) is 16.9. The van der Waals surface area contributed by atoms with Crippen molar-refractivity contribution in [2.24, 2.45) is 11.7 Å². The number of rotatable bonds is 23. The summed E-state index contributed by atoms with van der Waals surface area (Å²) in [6.45, 7) is 2.37. The van der Waals surface area contributed by atoms with Crippen molar-refractivity contribution in [3.05, 3.63) is 35.9 Å². The summed E-state index contributed by atoms with van der Waals surface area (Å²) in [5.41, 5.74) is 6.30. The highest BCUT2D eigenvalue weighted by Gasteiger charge is 2.31. The summed E-state index contributed by atoms with van der Waals surface area (Å²) < 4.78 is 5.06. The van der Waals surface area contributed by atoms with E-state index in [1.165, 1.54) is 11.8 Å². The maximum Gasteiger partial charge on any atom is 0.408 e. The first kappa shape index (κ1) is 41.3. The van der Waals surface area contributed by atoms with Crippen molar-refractivity contribution in [2.45, 2.75) is 82.8 Å². The molecule has 47 heavy (non-hydrogen) atoms. The van der Waals surface area contributed by atoms with Crippen molar-refractivity contribution in [3.63, 3.8) is 0 Å². The lowest BCUT2D eigenvalue weighted by Crippen LogP contribution is -2.59. The molecular formula is C31H50N6O9S. The number of carbonyl (C=O) groups excluding carboxylic acids is 6. The largest absolute Gasteiger partial charge is 0.445 e. The molecule has 5 atom stereocenters. The number of amides is 5. The molecule has 0 fully saturated rings. The van der Waals surface area contributed by atoms with Crippen LogP contribution in [0.25, 0.3) is 0 Å². The molecular weight excluding hydrogens is 632 g/mol. The molecule has 5 amide bonds. The minimum atomic E-state index is -1.55. The monoisotopic (exact) mass is 682 g/mol. The number of aldehydes is 1. The molecule has 0 aliphatic rings. The Bertz CT molecular complexity index is 1130. The van der Waals surface area contributed by atoms with Crippen molar-refractivity contribution in [1.82, 2.24) is 26.6 Å². The van der Waals surface area contributed by atoms with Crippen LogP contribution < -0.4 is 32.3 Å². The van der Waals surface area contributed by atoms with Gasteiger partial charge in [0.2, 0.25) is 23.6 Å². The van der Waals surface area contributed by atoms with Crippen LogP contribution in [-0.2, 0) is 35.3 Å². The molecule has 0 saturated heterocycles. The Morgan fingerprint density at radius 2 is 1.34 bits per heavy atom. The van der Waals surface area contributed by atoms with Gasteiger partial charge in [-0.3, -0.25) is 19.2 Å². The zero-order valence-electron chi connectivity index (χ0n) is 27.2. The van der Waals surface area contributed by atoms with Crippen molar-refractivity contribution in [3.8, 4) is 0 Å². The third-order valence-corrected chi connectivity index (χ3v) is 7.50. The molecule has 0 saturated carbocycles. The van der Waals surface area contributed by atoms with Gasteiger partial charge < -0.3 is 52.1 Å². The van der Waals surface area contributed by atoms with E-state index in [4.69, 9.17) is 10.5 Å². The molecule has 1 aromatic carbocycles. The summed E-state index contributed by atoms with van der Waals surface area (Å²) >= 11 is 1.46. The van der Waals surface area contributed by atoms with Gasteiger partial charge >= 0.3 is 6.09 Å². The zero-order chi connectivity index (χ0) is 35.2. The number of unbranched alkanes of at least 4 members (excludes halogenated alkanes) is 1. The Balaban J connectivity index is 2.94. The number of nitrogens with two attached hydrogens (primary N) is 1. The highest BCUT2D eigenvalue weighted by molar-refractivity contribution is 7.98. The number of nitrogens with one attached hydrogen (secondary N) is 5. The van der Waals surface area contributed by atoms with Gasteiger partial charge in [-0.25, -0.2) is 4.79 Å². The van der Waals surface area contributed by atoms with Crippen molar-refractivity contribution >= 4 is 47.8 Å². The van der Waals surface area contributed by atoms with E-state index in [1.807, 2.05) is 20.1 Å². The maximum atomic E-state index is 13.4. The van der Waals surface area contributed by atoms with Gasteiger partial charge in [0, 0.05) is 0 Å². The second-order valence-electron chi connectivity index (χ2n) is 11.3. The molecule has 0 radical (unpaired) electrons. The number of aliphatic hydroxyl groups excluding tert-OH is 2. The summed E-state index contributed by atoms with van der Waals surface area (Å²) in [5.74, 6) is -2.45. The number of ether oxygens (including phenoxy) is 1. The predicted octanol–water partition coefficient (Wildman–Crippen LogP) is -0.668. The topological polar surface area (TPSA) is 238 Å². The zero-order valence-corrected chi connectivity index (χ0v) is 28.1. The Kier molecular flexibility index (Phi) is 20.7. The molecule has 0 aliphatic heterocycles. The van der Waals surface area contributed by atoms with E-state index in [1.54, 1.807) is 30.3 Å². The van der Waals surface area contributed by atoms with E-state index in [0.717, 1.165) is 0 Å². The molecule has 0 heterocycles. The SMILES string of the molecule is CSCC[C@H](NC(=O)[C@H](CCCCN)NC(=O)[C@H](CO)NC(=O)[C@H](CO)NC(=O)OCc1ccccc1)C(=O)N[C@H](C=O)CC(C)C. The number of hydrogen-bond acceptors (Lipinski definition) is 11. The second kappa shape index (κ2) is 23.6. The smallest absolute Gasteiger partial charge is 0.408 e. The third kappa shape index (κ3) is 16.6. The fourth-order valence-electron chi connectivity index (χ4n) is 4.32. The van der Waals surface area contributed by atoms with Crippen LogP contribution in [0, 0.1) is 5.92 Å². The van der Waals surface area contributed by atoms with Crippen LogP contribution in [-0.4, -0.2) is 108 Å². The molecule has 0 aromatic heterocycles. The van der Waals surface area contributed by atoms with Crippen LogP contribution in [0.3, 0.4) is 0 Å². The van der Waals surface area contributed by atoms with Crippen molar-refractivity contribution < 1.29 is 43.7 Å².